The van der Waals surface area contributed by atoms with Crippen LogP contribution < -0.4 is 0 Å². The van der Waals surface area contributed by atoms with Gasteiger partial charge < -0.3 is 8.85 Å². The van der Waals surface area contributed by atoms with Gasteiger partial charge in [-0.2, -0.15) is 0 Å². The summed E-state index contributed by atoms with van der Waals surface area (Å²) in [5, 5.41) is 0.415. The van der Waals surface area contributed by atoms with Crippen LogP contribution in [0.15, 0.2) is 24.3 Å². The second-order valence-electron chi connectivity index (χ2n) is 10.2. The van der Waals surface area contributed by atoms with Crippen molar-refractivity contribution in [1.82, 2.24) is 0 Å². The van der Waals surface area contributed by atoms with Crippen LogP contribution in [0.2, 0.25) is 36.3 Å². The van der Waals surface area contributed by atoms with Gasteiger partial charge in [0.25, 0.3) is 0 Å². The Morgan fingerprint density at radius 2 is 0.958 bits per heavy atom. The molecule has 4 heteroatoms. The van der Waals surface area contributed by atoms with E-state index in [1.807, 2.05) is 0 Å². The lowest BCUT2D eigenvalue weighted by molar-refractivity contribution is 0.00403. The molecule has 1 aromatic rings. The number of hydrogen-bond acceptors (Lipinski definition) is 2. The van der Waals surface area contributed by atoms with Gasteiger partial charge in [0, 0.05) is 0 Å². The van der Waals surface area contributed by atoms with Crippen molar-refractivity contribution in [3.05, 3.63) is 35.4 Å². The van der Waals surface area contributed by atoms with Crippen molar-refractivity contribution in [1.29, 1.82) is 0 Å². The summed E-state index contributed by atoms with van der Waals surface area (Å²) in [4.78, 5) is 0. The Balaban J connectivity index is 2.30. The van der Waals surface area contributed by atoms with E-state index in [4.69, 9.17) is 8.85 Å². The largest absolute Gasteiger partial charge is 0.407 e. The highest BCUT2D eigenvalue weighted by atomic mass is 28.4. The highest BCUT2D eigenvalue weighted by molar-refractivity contribution is 6.74. The Morgan fingerprint density at radius 3 is 1.21 bits per heavy atom. The first-order valence-corrected chi connectivity index (χ1v) is 14.9. The van der Waals surface area contributed by atoms with Gasteiger partial charge in [-0.25, -0.2) is 0 Å². The minimum Gasteiger partial charge on any atom is -0.407 e. The fraction of sp³-hybridized carbons (Fsp3) is 0.700. The number of rotatable bonds is 4. The van der Waals surface area contributed by atoms with Crippen LogP contribution in [-0.4, -0.2) is 16.6 Å². The van der Waals surface area contributed by atoms with E-state index in [0.29, 0.717) is 0 Å². The number of fused-ring (bicyclic) bond motifs is 1. The average Bonchev–Trinajstić information content (AvgIpc) is 2.40. The zero-order valence-electron chi connectivity index (χ0n) is 17.3. The maximum Gasteiger partial charge on any atom is 0.193 e. The van der Waals surface area contributed by atoms with Gasteiger partial charge in [0.05, 0.1) is 0 Å². The Kier molecular flexibility index (Phi) is 5.04. The zero-order valence-corrected chi connectivity index (χ0v) is 19.3. The molecule has 0 unspecified atom stereocenters. The van der Waals surface area contributed by atoms with Gasteiger partial charge in [-0.15, -0.1) is 0 Å². The van der Waals surface area contributed by atoms with E-state index in [0.717, 1.165) is 0 Å². The minimum atomic E-state index is -1.83. The number of benzene rings is 1. The monoisotopic (exact) mass is 364 g/mol. The summed E-state index contributed by atoms with van der Waals surface area (Å²) in [6.07, 6.45) is 0.187. The van der Waals surface area contributed by atoms with Gasteiger partial charge in [0.1, 0.15) is 12.2 Å². The summed E-state index contributed by atoms with van der Waals surface area (Å²) >= 11 is 0. The second-order valence-corrected chi connectivity index (χ2v) is 19.7. The lowest BCUT2D eigenvalue weighted by atomic mass is 9.83. The molecule has 0 saturated heterocycles. The summed E-state index contributed by atoms with van der Waals surface area (Å²) in [7, 11) is -3.67. The van der Waals surface area contributed by atoms with Gasteiger partial charge in [-0.05, 0) is 47.4 Å². The van der Waals surface area contributed by atoms with Crippen LogP contribution in [0.3, 0.4) is 0 Å². The summed E-state index contributed by atoms with van der Waals surface area (Å²) < 4.78 is 13.5. The van der Waals surface area contributed by atoms with Gasteiger partial charge in [-0.3, -0.25) is 0 Å². The molecule has 0 heterocycles. The van der Waals surface area contributed by atoms with E-state index < -0.39 is 16.6 Å². The smallest absolute Gasteiger partial charge is 0.193 e. The molecule has 0 N–H and O–H groups in total. The number of hydrogen-bond donors (Lipinski definition) is 0. The van der Waals surface area contributed by atoms with Crippen LogP contribution in [0.1, 0.15) is 64.9 Å². The minimum absolute atomic E-state index is 0.0937. The highest BCUT2D eigenvalue weighted by Gasteiger charge is 2.50. The van der Waals surface area contributed by atoms with E-state index >= 15 is 0 Å². The predicted molar refractivity (Wildman–Crippen MR) is 108 cm³/mol. The van der Waals surface area contributed by atoms with Gasteiger partial charge in [0.2, 0.25) is 0 Å². The molecule has 1 aliphatic carbocycles. The molecular formula is C20H36O2Si2. The molecule has 1 aromatic carbocycles. The van der Waals surface area contributed by atoms with Gasteiger partial charge in [-0.1, -0.05) is 65.8 Å². The zero-order chi connectivity index (χ0) is 18.6. The molecule has 1 aliphatic rings. The third-order valence-corrected chi connectivity index (χ3v) is 15.3. The van der Waals surface area contributed by atoms with Crippen LogP contribution in [-0.2, 0) is 8.85 Å². The van der Waals surface area contributed by atoms with Crippen LogP contribution in [0.5, 0.6) is 0 Å². The molecule has 0 saturated carbocycles. The van der Waals surface area contributed by atoms with Crippen molar-refractivity contribution in [3.8, 4) is 0 Å². The first kappa shape index (κ1) is 19.9. The lowest BCUT2D eigenvalue weighted by Crippen LogP contribution is -2.49. The SMILES string of the molecule is CC(C)(C)[Si](C)(C)O[C@H]1c2ccccc2[C@@H]1O[Si](C)(C)C(C)(C)C. The van der Waals surface area contributed by atoms with Crippen molar-refractivity contribution < 1.29 is 8.85 Å². The van der Waals surface area contributed by atoms with Crippen LogP contribution in [0.25, 0.3) is 0 Å². The molecule has 2 rings (SSSR count). The Bertz CT molecular complexity index is 541. The predicted octanol–water partition coefficient (Wildman–Crippen LogP) is 6.83. The molecule has 2 atom stereocenters. The molecule has 0 spiro atoms. The van der Waals surface area contributed by atoms with E-state index in [-0.39, 0.29) is 22.3 Å². The first-order chi connectivity index (χ1) is 10.7. The summed E-state index contributed by atoms with van der Waals surface area (Å²) in [6, 6.07) is 8.64. The molecule has 2 nitrogen and oxygen atoms in total. The third-order valence-electron chi connectivity index (χ3n) is 6.34. The van der Waals surface area contributed by atoms with Crippen molar-refractivity contribution in [2.45, 2.75) is 90.0 Å². The van der Waals surface area contributed by atoms with Crippen molar-refractivity contribution >= 4 is 16.6 Å². The maximum atomic E-state index is 6.77. The molecule has 0 fully saturated rings. The Morgan fingerprint density at radius 1 is 0.667 bits per heavy atom. The molecule has 0 radical (unpaired) electrons. The molecule has 24 heavy (non-hydrogen) atoms. The molecule has 0 bridgehead atoms. The lowest BCUT2D eigenvalue weighted by Gasteiger charge is -2.50. The van der Waals surface area contributed by atoms with E-state index in [9.17, 15) is 0 Å². The molecule has 0 aliphatic heterocycles. The molecular weight excluding hydrogens is 328 g/mol. The van der Waals surface area contributed by atoms with Crippen LogP contribution in [0, 0.1) is 0 Å². The van der Waals surface area contributed by atoms with Crippen LogP contribution >= 0.6 is 0 Å². The van der Waals surface area contributed by atoms with Crippen LogP contribution in [0.4, 0.5) is 0 Å². The maximum absolute atomic E-state index is 6.77. The van der Waals surface area contributed by atoms with Gasteiger partial charge in [0.15, 0.2) is 16.6 Å². The third kappa shape index (κ3) is 3.57. The van der Waals surface area contributed by atoms with Crippen molar-refractivity contribution in [2.75, 3.05) is 0 Å². The van der Waals surface area contributed by atoms with E-state index in [2.05, 4.69) is 92.0 Å². The summed E-state index contributed by atoms with van der Waals surface area (Å²) in [5.41, 5.74) is 2.65. The topological polar surface area (TPSA) is 18.5 Å². The summed E-state index contributed by atoms with van der Waals surface area (Å²) in [5.74, 6) is 0. The second kappa shape index (κ2) is 6.08. The fourth-order valence-electron chi connectivity index (χ4n) is 2.50. The van der Waals surface area contributed by atoms with E-state index in [1.165, 1.54) is 11.1 Å². The molecule has 136 valence electrons. The summed E-state index contributed by atoms with van der Waals surface area (Å²) in [6.45, 7) is 23.1. The highest BCUT2D eigenvalue weighted by Crippen LogP contribution is 2.54. The standard InChI is InChI=1S/C20H36O2Si2/c1-19(2,3)23(7,8)21-17-15-13-11-12-14-16(15)18(17)22-24(9,10)20(4,5)6/h11-14,17-18H,1-10H3/t17-,18-/m0/s1. The van der Waals surface area contributed by atoms with Crippen molar-refractivity contribution in [3.63, 3.8) is 0 Å². The Labute approximate surface area is 151 Å². The molecule has 0 aromatic heterocycles. The van der Waals surface area contributed by atoms with E-state index in [1.54, 1.807) is 0 Å². The van der Waals surface area contributed by atoms with Crippen molar-refractivity contribution in [2.24, 2.45) is 0 Å². The first-order valence-electron chi connectivity index (χ1n) is 9.12. The Hall–Kier alpha value is -0.426. The molecule has 0 amide bonds. The van der Waals surface area contributed by atoms with Gasteiger partial charge >= 0.3 is 0 Å². The average molecular weight is 365 g/mol. The fourth-order valence-corrected chi connectivity index (χ4v) is 4.98. The quantitative estimate of drug-likeness (QED) is 0.545. The normalized spacial score (nSPS) is 22.1.